The lowest BCUT2D eigenvalue weighted by molar-refractivity contribution is 0.631. The van der Waals surface area contributed by atoms with Crippen molar-refractivity contribution in [3.05, 3.63) is 193 Å². The van der Waals surface area contributed by atoms with Gasteiger partial charge in [0.1, 0.15) is 5.82 Å². The SMILES string of the molecule is N#Cc1ccc(-c2cc(-n3c4ccccc4c4ccc(-c5ccccc5)cc43)c(-n3c4ccccc4c4ccc(-c5ccccc5)cc43)cc2C#N)c(F)c1. The van der Waals surface area contributed by atoms with Crippen molar-refractivity contribution in [2.45, 2.75) is 0 Å². The van der Waals surface area contributed by atoms with Crippen LogP contribution in [0.1, 0.15) is 11.1 Å². The Labute approximate surface area is 316 Å². The summed E-state index contributed by atoms with van der Waals surface area (Å²) >= 11 is 0. The smallest absolute Gasteiger partial charge is 0.132 e. The Kier molecular flexibility index (Phi) is 7.40. The van der Waals surface area contributed by atoms with Crippen LogP contribution in [0.15, 0.2) is 176 Å². The van der Waals surface area contributed by atoms with Crippen molar-refractivity contribution >= 4 is 43.6 Å². The average Bonchev–Trinajstić information content (AvgIpc) is 3.75. The van der Waals surface area contributed by atoms with Gasteiger partial charge in [0, 0.05) is 32.7 Å². The summed E-state index contributed by atoms with van der Waals surface area (Å²) in [4.78, 5) is 0. The number of para-hydroxylation sites is 2. The van der Waals surface area contributed by atoms with Gasteiger partial charge in [-0.1, -0.05) is 127 Å². The van der Waals surface area contributed by atoms with E-state index in [2.05, 4.69) is 100 Å². The molecule has 55 heavy (non-hydrogen) atoms. The molecule has 0 bridgehead atoms. The second-order valence-corrected chi connectivity index (χ2v) is 13.7. The fourth-order valence-corrected chi connectivity index (χ4v) is 8.13. The van der Waals surface area contributed by atoms with E-state index in [0.717, 1.165) is 77.2 Å². The van der Waals surface area contributed by atoms with E-state index in [1.807, 2.05) is 78.9 Å². The third-order valence-corrected chi connectivity index (χ3v) is 10.7. The van der Waals surface area contributed by atoms with Crippen molar-refractivity contribution in [1.82, 2.24) is 9.13 Å². The van der Waals surface area contributed by atoms with Crippen LogP contribution in [0.5, 0.6) is 0 Å². The molecule has 0 radical (unpaired) electrons. The largest absolute Gasteiger partial charge is 0.307 e. The minimum absolute atomic E-state index is 0.215. The maximum absolute atomic E-state index is 16.0. The lowest BCUT2D eigenvalue weighted by atomic mass is 9.96. The number of aromatic nitrogens is 2. The Hall–Kier alpha value is -7.73. The molecule has 0 amide bonds. The molecular weight excluding hydrogens is 676 g/mol. The van der Waals surface area contributed by atoms with Gasteiger partial charge < -0.3 is 9.13 Å². The third kappa shape index (κ3) is 5.11. The molecule has 0 N–H and O–H groups in total. The van der Waals surface area contributed by atoms with Crippen molar-refractivity contribution < 1.29 is 4.39 Å². The van der Waals surface area contributed by atoms with Gasteiger partial charge in [-0.15, -0.1) is 0 Å². The fourth-order valence-electron chi connectivity index (χ4n) is 8.13. The van der Waals surface area contributed by atoms with Crippen molar-refractivity contribution in [3.63, 3.8) is 0 Å². The molecule has 2 heterocycles. The molecule has 10 rings (SSSR count). The molecule has 0 aliphatic heterocycles. The molecule has 5 heteroatoms. The van der Waals surface area contributed by atoms with Crippen molar-refractivity contribution in [2.75, 3.05) is 0 Å². The van der Waals surface area contributed by atoms with E-state index in [-0.39, 0.29) is 11.1 Å². The summed E-state index contributed by atoms with van der Waals surface area (Å²) in [7, 11) is 0. The van der Waals surface area contributed by atoms with Gasteiger partial charge in [-0.3, -0.25) is 0 Å². The highest BCUT2D eigenvalue weighted by atomic mass is 19.1. The quantitative estimate of drug-likeness (QED) is 0.179. The third-order valence-electron chi connectivity index (χ3n) is 10.7. The molecule has 0 unspecified atom stereocenters. The Morgan fingerprint density at radius 1 is 0.382 bits per heavy atom. The summed E-state index contributed by atoms with van der Waals surface area (Å²) in [6, 6.07) is 63.1. The van der Waals surface area contributed by atoms with E-state index < -0.39 is 5.82 Å². The molecule has 0 aliphatic rings. The van der Waals surface area contributed by atoms with Crippen LogP contribution in [0.4, 0.5) is 4.39 Å². The van der Waals surface area contributed by atoms with Crippen molar-refractivity contribution in [3.8, 4) is 56.9 Å². The Morgan fingerprint density at radius 2 is 0.873 bits per heavy atom. The van der Waals surface area contributed by atoms with E-state index in [0.29, 0.717) is 11.1 Å². The lowest BCUT2D eigenvalue weighted by Gasteiger charge is -2.20. The summed E-state index contributed by atoms with van der Waals surface area (Å²) in [6.07, 6.45) is 0. The van der Waals surface area contributed by atoms with Crippen LogP contribution in [0.3, 0.4) is 0 Å². The molecule has 0 saturated carbocycles. The van der Waals surface area contributed by atoms with Crippen LogP contribution < -0.4 is 0 Å². The summed E-state index contributed by atoms with van der Waals surface area (Å²) in [5.41, 5.74) is 11.0. The van der Waals surface area contributed by atoms with Crippen LogP contribution in [0.2, 0.25) is 0 Å². The molecule has 0 fully saturated rings. The normalized spacial score (nSPS) is 11.3. The zero-order valence-electron chi connectivity index (χ0n) is 29.4. The Bertz CT molecular complexity index is 3230. The van der Waals surface area contributed by atoms with E-state index in [1.165, 1.54) is 6.07 Å². The standard InChI is InChI=1S/C50H29FN4/c51-44-25-32(30-52)19-22-38(44)43-29-50(55-46-18-10-8-16-40(46)42-24-21-36(27-48(42)55)34-13-5-2-6-14-34)49(28-37(43)31-53)54-45-17-9-7-15-39(45)41-23-20-35(26-47(41)54)33-11-3-1-4-12-33/h1-29H. The van der Waals surface area contributed by atoms with Gasteiger partial charge in [0.05, 0.1) is 56.7 Å². The molecule has 0 aliphatic carbocycles. The second kappa shape index (κ2) is 12.7. The number of rotatable bonds is 5. The minimum Gasteiger partial charge on any atom is -0.307 e. The molecular formula is C50H29FN4. The highest BCUT2D eigenvalue weighted by Gasteiger charge is 2.23. The van der Waals surface area contributed by atoms with E-state index >= 15 is 4.39 Å². The van der Waals surface area contributed by atoms with E-state index in [4.69, 9.17) is 0 Å². The van der Waals surface area contributed by atoms with Gasteiger partial charge >= 0.3 is 0 Å². The molecule has 8 aromatic carbocycles. The van der Waals surface area contributed by atoms with Crippen LogP contribution in [-0.2, 0) is 0 Å². The van der Waals surface area contributed by atoms with Gasteiger partial charge in [-0.25, -0.2) is 4.39 Å². The number of benzene rings is 8. The van der Waals surface area contributed by atoms with Crippen LogP contribution in [-0.4, -0.2) is 9.13 Å². The zero-order valence-corrected chi connectivity index (χ0v) is 29.4. The molecule has 256 valence electrons. The monoisotopic (exact) mass is 704 g/mol. The number of nitriles is 2. The predicted molar refractivity (Wildman–Crippen MR) is 221 cm³/mol. The molecule has 0 saturated heterocycles. The highest BCUT2D eigenvalue weighted by Crippen LogP contribution is 2.42. The summed E-state index contributed by atoms with van der Waals surface area (Å²) in [5.74, 6) is -0.563. The number of hydrogen-bond donors (Lipinski definition) is 0. The summed E-state index contributed by atoms with van der Waals surface area (Å²) < 4.78 is 20.5. The second-order valence-electron chi connectivity index (χ2n) is 13.7. The number of halogens is 1. The van der Waals surface area contributed by atoms with Crippen LogP contribution in [0, 0.1) is 28.5 Å². The first-order valence-corrected chi connectivity index (χ1v) is 18.1. The predicted octanol–water partition coefficient (Wildman–Crippen LogP) is 12.8. The van der Waals surface area contributed by atoms with Crippen LogP contribution >= 0.6 is 0 Å². The van der Waals surface area contributed by atoms with Crippen LogP contribution in [0.25, 0.3) is 88.4 Å². The fraction of sp³-hybridized carbons (Fsp3) is 0. The van der Waals surface area contributed by atoms with Crippen molar-refractivity contribution in [2.24, 2.45) is 0 Å². The molecule has 4 nitrogen and oxygen atoms in total. The molecule has 0 atom stereocenters. The maximum Gasteiger partial charge on any atom is 0.132 e. The van der Waals surface area contributed by atoms with Gasteiger partial charge in [0.2, 0.25) is 0 Å². The topological polar surface area (TPSA) is 57.4 Å². The van der Waals surface area contributed by atoms with Gasteiger partial charge in [-0.2, -0.15) is 10.5 Å². The highest BCUT2D eigenvalue weighted by molar-refractivity contribution is 6.13. The van der Waals surface area contributed by atoms with Gasteiger partial charge in [-0.05, 0) is 70.8 Å². The molecule has 0 spiro atoms. The Morgan fingerprint density at radius 3 is 1.38 bits per heavy atom. The van der Waals surface area contributed by atoms with E-state index in [1.54, 1.807) is 12.1 Å². The average molecular weight is 705 g/mol. The van der Waals surface area contributed by atoms with Gasteiger partial charge in [0.15, 0.2) is 0 Å². The number of hydrogen-bond acceptors (Lipinski definition) is 2. The maximum atomic E-state index is 16.0. The summed E-state index contributed by atoms with van der Waals surface area (Å²) in [5, 5.41) is 24.6. The van der Waals surface area contributed by atoms with Crippen molar-refractivity contribution in [1.29, 1.82) is 10.5 Å². The zero-order chi connectivity index (χ0) is 37.0. The molecule has 10 aromatic rings. The van der Waals surface area contributed by atoms with E-state index in [9.17, 15) is 10.5 Å². The molecule has 2 aromatic heterocycles. The lowest BCUT2D eigenvalue weighted by Crippen LogP contribution is -2.06. The number of nitrogens with zero attached hydrogens (tertiary/aromatic N) is 4. The first kappa shape index (κ1) is 32.0. The first-order valence-electron chi connectivity index (χ1n) is 18.1. The Balaban J connectivity index is 1.37. The first-order chi connectivity index (χ1) is 27.1. The van der Waals surface area contributed by atoms with Gasteiger partial charge in [0.25, 0.3) is 0 Å². The number of fused-ring (bicyclic) bond motifs is 6. The minimum atomic E-state index is -0.563. The summed E-state index contributed by atoms with van der Waals surface area (Å²) in [6.45, 7) is 0.